The maximum Gasteiger partial charge on any atom is 0.408 e. The predicted molar refractivity (Wildman–Crippen MR) is 89.5 cm³/mol. The van der Waals surface area contributed by atoms with E-state index in [0.29, 0.717) is 5.92 Å². The van der Waals surface area contributed by atoms with Crippen molar-refractivity contribution in [1.29, 1.82) is 0 Å². The molecule has 0 radical (unpaired) electrons. The van der Waals surface area contributed by atoms with Gasteiger partial charge in [0, 0.05) is 11.6 Å². The Morgan fingerprint density at radius 1 is 1.22 bits per heavy atom. The van der Waals surface area contributed by atoms with Crippen molar-refractivity contribution in [2.75, 3.05) is 19.6 Å². The summed E-state index contributed by atoms with van der Waals surface area (Å²) in [4.78, 5) is 14.9. The summed E-state index contributed by atoms with van der Waals surface area (Å²) in [5.74, 6) is 0.540. The van der Waals surface area contributed by atoms with Crippen molar-refractivity contribution in [2.45, 2.75) is 43.7 Å². The van der Waals surface area contributed by atoms with Crippen LogP contribution in [0.25, 0.3) is 0 Å². The molecule has 5 rings (SSSR count). The molecule has 1 N–H and O–H groups in total. The van der Waals surface area contributed by atoms with Crippen molar-refractivity contribution < 1.29 is 9.53 Å². The number of halogens is 1. The van der Waals surface area contributed by atoms with Gasteiger partial charge in [0.1, 0.15) is 6.10 Å². The Balaban J connectivity index is 1.41. The molecule has 0 aromatic heterocycles. The lowest BCUT2D eigenvalue weighted by Crippen LogP contribution is -2.55. The van der Waals surface area contributed by atoms with E-state index in [-0.39, 0.29) is 17.7 Å². The van der Waals surface area contributed by atoms with Gasteiger partial charge in [0.15, 0.2) is 0 Å². The predicted octanol–water partition coefficient (Wildman–Crippen LogP) is 3.54. The molecule has 1 aromatic carbocycles. The zero-order chi connectivity index (χ0) is 15.9. The minimum Gasteiger partial charge on any atom is -0.445 e. The second-order valence-corrected chi connectivity index (χ2v) is 7.59. The number of nitrogens with one attached hydrogen (secondary N) is 1. The lowest BCUT2D eigenvalue weighted by atomic mass is 9.72. The first kappa shape index (κ1) is 15.3. The Morgan fingerprint density at radius 3 is 2.43 bits per heavy atom. The summed E-state index contributed by atoms with van der Waals surface area (Å²) in [5, 5.41) is 3.87. The van der Waals surface area contributed by atoms with Gasteiger partial charge in [0.05, 0.1) is 5.54 Å². The van der Waals surface area contributed by atoms with E-state index in [1.165, 1.54) is 0 Å². The number of ether oxygens (including phenoxy) is 1. The third kappa shape index (κ3) is 2.94. The molecule has 4 fully saturated rings. The summed E-state index contributed by atoms with van der Waals surface area (Å²) in [5.41, 5.74) is 0.856. The largest absolute Gasteiger partial charge is 0.445 e. The fourth-order valence-electron chi connectivity index (χ4n) is 4.19. The highest BCUT2D eigenvalue weighted by Gasteiger charge is 2.42. The molecule has 124 valence electrons. The maximum atomic E-state index is 12.5. The molecule has 1 saturated carbocycles. The van der Waals surface area contributed by atoms with Gasteiger partial charge in [0.25, 0.3) is 0 Å². The van der Waals surface area contributed by atoms with Crippen LogP contribution in [0.15, 0.2) is 24.3 Å². The zero-order valence-corrected chi connectivity index (χ0v) is 14.0. The van der Waals surface area contributed by atoms with E-state index in [1.807, 2.05) is 24.3 Å². The first-order chi connectivity index (χ1) is 11.1. The van der Waals surface area contributed by atoms with E-state index < -0.39 is 0 Å². The molecule has 23 heavy (non-hydrogen) atoms. The lowest BCUT2D eigenvalue weighted by molar-refractivity contribution is -0.0372. The molecule has 1 atom stereocenters. The number of hydrogen-bond donors (Lipinski definition) is 1. The van der Waals surface area contributed by atoms with E-state index in [9.17, 15) is 4.79 Å². The second-order valence-electron chi connectivity index (χ2n) is 7.15. The Bertz CT molecular complexity index is 577. The molecule has 3 aliphatic heterocycles. The van der Waals surface area contributed by atoms with Crippen LogP contribution in [0.3, 0.4) is 0 Å². The zero-order valence-electron chi connectivity index (χ0n) is 13.3. The molecule has 0 spiro atoms. The normalized spacial score (nSPS) is 31.3. The first-order valence-corrected chi connectivity index (χ1v) is 9.00. The highest BCUT2D eigenvalue weighted by Crippen LogP contribution is 2.41. The summed E-state index contributed by atoms with van der Waals surface area (Å²) in [6.07, 6.45) is 5.15. The molecule has 1 aliphatic carbocycles. The topological polar surface area (TPSA) is 41.6 Å². The minimum absolute atomic E-state index is 0.0554. The van der Waals surface area contributed by atoms with Crippen molar-refractivity contribution in [3.05, 3.63) is 34.9 Å². The number of nitrogens with zero attached hydrogens (tertiary/aromatic N) is 1. The van der Waals surface area contributed by atoms with E-state index >= 15 is 0 Å². The number of hydrogen-bond acceptors (Lipinski definition) is 3. The van der Waals surface area contributed by atoms with Crippen molar-refractivity contribution in [2.24, 2.45) is 5.92 Å². The molecule has 1 unspecified atom stereocenters. The molecule has 4 aliphatic rings. The second kappa shape index (κ2) is 5.99. The number of carbonyl (C=O) groups is 1. The smallest absolute Gasteiger partial charge is 0.408 e. The number of piperidine rings is 3. The standard InChI is InChI=1S/C18H23ClN2O2/c19-15-4-2-14(3-5-15)18(8-1-9-18)20-17(22)23-16-12-21-10-6-13(16)7-11-21/h2-5,13,16H,1,6-12H2,(H,20,22). The third-order valence-corrected chi connectivity index (χ3v) is 6.05. The minimum atomic E-state index is -0.268. The quantitative estimate of drug-likeness (QED) is 0.919. The van der Waals surface area contributed by atoms with Crippen LogP contribution in [0, 0.1) is 5.92 Å². The first-order valence-electron chi connectivity index (χ1n) is 8.62. The van der Waals surface area contributed by atoms with Gasteiger partial charge in [-0.1, -0.05) is 23.7 Å². The molecule has 3 heterocycles. The summed E-state index contributed by atoms with van der Waals surface area (Å²) in [7, 11) is 0. The third-order valence-electron chi connectivity index (χ3n) is 5.80. The summed E-state index contributed by atoms with van der Waals surface area (Å²) >= 11 is 5.98. The monoisotopic (exact) mass is 334 g/mol. The molecule has 1 aromatic rings. The Hall–Kier alpha value is -1.26. The fourth-order valence-corrected chi connectivity index (χ4v) is 4.32. The highest BCUT2D eigenvalue weighted by atomic mass is 35.5. The Morgan fingerprint density at radius 2 is 1.91 bits per heavy atom. The van der Waals surface area contributed by atoms with E-state index in [1.54, 1.807) is 0 Å². The number of carbonyl (C=O) groups excluding carboxylic acids is 1. The van der Waals surface area contributed by atoms with Crippen LogP contribution in [-0.4, -0.2) is 36.7 Å². The van der Waals surface area contributed by atoms with Gasteiger partial charge in [-0.15, -0.1) is 0 Å². The van der Waals surface area contributed by atoms with Crippen LogP contribution >= 0.6 is 11.6 Å². The van der Waals surface area contributed by atoms with E-state index in [0.717, 1.165) is 62.3 Å². The fraction of sp³-hybridized carbons (Fsp3) is 0.611. The van der Waals surface area contributed by atoms with Crippen LogP contribution < -0.4 is 5.32 Å². The Labute approximate surface area is 142 Å². The van der Waals surface area contributed by atoms with Crippen LogP contribution in [-0.2, 0) is 10.3 Å². The van der Waals surface area contributed by atoms with Crippen LogP contribution in [0.5, 0.6) is 0 Å². The SMILES string of the molecule is O=C(NC1(c2ccc(Cl)cc2)CCC1)OC1CN2CCC1CC2. The van der Waals surface area contributed by atoms with Crippen LogP contribution in [0.1, 0.15) is 37.7 Å². The summed E-state index contributed by atoms with van der Waals surface area (Å²) < 4.78 is 5.78. The molecule has 2 bridgehead atoms. The average Bonchev–Trinajstić information content (AvgIpc) is 2.53. The maximum absolute atomic E-state index is 12.5. The molecule has 5 heteroatoms. The van der Waals surface area contributed by atoms with Crippen LogP contribution in [0.4, 0.5) is 4.79 Å². The van der Waals surface area contributed by atoms with Crippen molar-refractivity contribution in [1.82, 2.24) is 10.2 Å². The van der Waals surface area contributed by atoms with Crippen LogP contribution in [0.2, 0.25) is 5.02 Å². The van der Waals surface area contributed by atoms with Gasteiger partial charge in [-0.3, -0.25) is 4.90 Å². The summed E-state index contributed by atoms with van der Waals surface area (Å²) in [6.45, 7) is 3.20. The van der Waals surface area contributed by atoms with Gasteiger partial charge in [-0.05, 0) is 68.8 Å². The number of benzene rings is 1. The molecule has 4 nitrogen and oxygen atoms in total. The van der Waals surface area contributed by atoms with Gasteiger partial charge in [-0.2, -0.15) is 0 Å². The molecule has 1 amide bonds. The molecular formula is C18H23ClN2O2. The lowest BCUT2D eigenvalue weighted by Gasteiger charge is -2.46. The van der Waals surface area contributed by atoms with E-state index in [4.69, 9.17) is 16.3 Å². The number of amides is 1. The Kier molecular flexibility index (Phi) is 3.98. The van der Waals surface area contributed by atoms with Gasteiger partial charge >= 0.3 is 6.09 Å². The number of rotatable bonds is 3. The van der Waals surface area contributed by atoms with Gasteiger partial charge < -0.3 is 10.1 Å². The number of fused-ring (bicyclic) bond motifs is 3. The summed E-state index contributed by atoms with van der Waals surface area (Å²) in [6, 6.07) is 7.79. The number of alkyl carbamates (subject to hydrolysis) is 1. The van der Waals surface area contributed by atoms with Gasteiger partial charge in [0.2, 0.25) is 0 Å². The highest BCUT2D eigenvalue weighted by molar-refractivity contribution is 6.30. The average molecular weight is 335 g/mol. The van der Waals surface area contributed by atoms with Crippen molar-refractivity contribution >= 4 is 17.7 Å². The van der Waals surface area contributed by atoms with Crippen molar-refractivity contribution in [3.63, 3.8) is 0 Å². The molecule has 3 saturated heterocycles. The van der Waals surface area contributed by atoms with E-state index in [2.05, 4.69) is 10.2 Å². The van der Waals surface area contributed by atoms with Crippen molar-refractivity contribution in [3.8, 4) is 0 Å². The van der Waals surface area contributed by atoms with Gasteiger partial charge in [-0.25, -0.2) is 4.79 Å². The molecular weight excluding hydrogens is 312 g/mol.